The van der Waals surface area contributed by atoms with Crippen molar-refractivity contribution < 1.29 is 38.2 Å². The second kappa shape index (κ2) is 21.5. The predicted octanol–water partition coefficient (Wildman–Crippen LogP) is 4.02. The molecule has 2 atom stereocenters. The van der Waals surface area contributed by atoms with Gasteiger partial charge in [-0.1, -0.05) is 37.7 Å². The fourth-order valence-corrected chi connectivity index (χ4v) is 8.74. The number of nitrogens with one attached hydrogen (secondary N) is 3. The van der Waals surface area contributed by atoms with Crippen LogP contribution in [0.5, 0.6) is 5.75 Å². The highest BCUT2D eigenvalue weighted by Crippen LogP contribution is 2.40. The summed E-state index contributed by atoms with van der Waals surface area (Å²) in [7, 11) is 5.33. The van der Waals surface area contributed by atoms with Crippen LogP contribution in [0, 0.1) is 11.8 Å². The van der Waals surface area contributed by atoms with Crippen LogP contribution in [0.1, 0.15) is 96.6 Å². The van der Waals surface area contributed by atoms with E-state index in [1.165, 1.54) is 0 Å². The van der Waals surface area contributed by atoms with E-state index in [1.807, 2.05) is 20.0 Å². The molecular formula is C47H59N9O8. The number of aromatic nitrogens is 2. The molecule has 2 aromatic carbocycles. The van der Waals surface area contributed by atoms with Gasteiger partial charge in [0.25, 0.3) is 11.8 Å². The van der Waals surface area contributed by atoms with Gasteiger partial charge in [0.15, 0.2) is 5.82 Å². The zero-order valence-electron chi connectivity index (χ0n) is 37.2. The SMILES string of the molecule is CC[C@@H]1C(=O)N(C)c2cnc(Nc3ccc(C(=O)NCCCOCCOCCN(C)CCC#Cc4cccc5c4CN(C4CCC(=O)NC4=O)C5=O)cc3OC)nc2N1C1CCCC1. The Bertz CT molecular complexity index is 2270. The molecule has 17 nitrogen and oxygen atoms in total. The molecule has 7 rings (SSSR count). The molecule has 3 aromatic rings. The molecule has 0 spiro atoms. The van der Waals surface area contributed by atoms with Crippen molar-refractivity contribution in [2.45, 2.75) is 89.4 Å². The maximum atomic E-state index is 13.3. The number of hydrogen-bond acceptors (Lipinski definition) is 13. The van der Waals surface area contributed by atoms with E-state index in [0.29, 0.717) is 99.4 Å². The van der Waals surface area contributed by atoms with E-state index >= 15 is 0 Å². The van der Waals surface area contributed by atoms with Gasteiger partial charge in [0.05, 0.1) is 38.8 Å². The molecule has 0 radical (unpaired) electrons. The van der Waals surface area contributed by atoms with Gasteiger partial charge in [0.1, 0.15) is 23.5 Å². The van der Waals surface area contributed by atoms with Gasteiger partial charge in [-0.05, 0) is 75.0 Å². The largest absolute Gasteiger partial charge is 0.495 e. The average Bonchev–Trinajstić information content (AvgIpc) is 3.95. The fraction of sp³-hybridized carbons (Fsp3) is 0.511. The molecule has 4 heterocycles. The van der Waals surface area contributed by atoms with Crippen LogP contribution in [0.4, 0.5) is 23.1 Å². The summed E-state index contributed by atoms with van der Waals surface area (Å²) in [6.07, 6.45) is 8.53. The number of fused-ring (bicyclic) bond motifs is 2. The van der Waals surface area contributed by atoms with Crippen molar-refractivity contribution >= 4 is 52.7 Å². The number of imide groups is 1. The lowest BCUT2D eigenvalue weighted by atomic mass is 10.0. The zero-order valence-corrected chi connectivity index (χ0v) is 37.2. The summed E-state index contributed by atoms with van der Waals surface area (Å²) < 4.78 is 17.1. The number of anilines is 4. The summed E-state index contributed by atoms with van der Waals surface area (Å²) in [5, 5.41) is 8.55. The van der Waals surface area contributed by atoms with Crippen LogP contribution < -0.4 is 30.5 Å². The van der Waals surface area contributed by atoms with Gasteiger partial charge >= 0.3 is 0 Å². The van der Waals surface area contributed by atoms with Gasteiger partial charge < -0.3 is 44.4 Å². The smallest absolute Gasteiger partial charge is 0.255 e. The topological polar surface area (TPSA) is 188 Å². The lowest BCUT2D eigenvalue weighted by Gasteiger charge is -2.43. The molecule has 3 aliphatic heterocycles. The Balaban J connectivity index is 0.770. The average molecular weight is 878 g/mol. The van der Waals surface area contributed by atoms with Crippen LogP contribution in [0.3, 0.4) is 0 Å². The van der Waals surface area contributed by atoms with E-state index in [1.54, 1.807) is 60.5 Å². The monoisotopic (exact) mass is 877 g/mol. The highest BCUT2D eigenvalue weighted by atomic mass is 16.5. The van der Waals surface area contributed by atoms with Crippen molar-refractivity contribution in [2.75, 3.05) is 82.4 Å². The van der Waals surface area contributed by atoms with Gasteiger partial charge in [-0.25, -0.2) is 4.98 Å². The van der Waals surface area contributed by atoms with Crippen molar-refractivity contribution in [2.24, 2.45) is 0 Å². The third kappa shape index (κ3) is 10.6. The fourth-order valence-electron chi connectivity index (χ4n) is 8.74. The first-order valence-electron chi connectivity index (χ1n) is 22.3. The Hall–Kier alpha value is -6.09. The Labute approximate surface area is 374 Å². The van der Waals surface area contributed by atoms with Crippen molar-refractivity contribution in [3.8, 4) is 17.6 Å². The van der Waals surface area contributed by atoms with Crippen molar-refractivity contribution in [1.29, 1.82) is 0 Å². The molecule has 1 unspecified atom stereocenters. The number of carbonyl (C=O) groups is 5. The summed E-state index contributed by atoms with van der Waals surface area (Å²) in [5.74, 6) is 6.93. The molecule has 4 aliphatic rings. The van der Waals surface area contributed by atoms with Gasteiger partial charge in [-0.15, -0.1) is 0 Å². The van der Waals surface area contributed by atoms with Crippen LogP contribution >= 0.6 is 0 Å². The van der Waals surface area contributed by atoms with E-state index in [2.05, 4.69) is 42.6 Å². The normalized spacial score (nSPS) is 18.5. The Kier molecular flexibility index (Phi) is 15.4. The zero-order chi connectivity index (χ0) is 45.2. The first-order valence-corrected chi connectivity index (χ1v) is 22.3. The number of piperidine rings is 1. The van der Waals surface area contributed by atoms with Crippen LogP contribution in [0.2, 0.25) is 0 Å². The molecule has 2 fully saturated rings. The minimum Gasteiger partial charge on any atom is -0.495 e. The van der Waals surface area contributed by atoms with Crippen LogP contribution in [-0.4, -0.2) is 135 Å². The third-order valence-corrected chi connectivity index (χ3v) is 12.3. The molecule has 0 bridgehead atoms. The standard InChI is InChI=1S/C47H59N9O8/c1-5-37-46(61)54(3)39-29-49-47(52-42(39)56(37)33-14-6-7-15-33)50-36-18-17-32(28-40(36)62-4)43(58)48-21-11-24-63-26-27-64-25-23-53(2)22-9-8-12-31-13-10-16-34-35(31)30-55(45(34)60)38-19-20-41(57)51-44(38)59/h10,13,16-18,28-29,33,37-38H,5-7,9,11,14-15,19-27,30H2,1-4H3,(H,48,58)(H,49,50,52)(H,51,57,59)/t37-,38?/m1/s1. The predicted molar refractivity (Wildman–Crippen MR) is 241 cm³/mol. The number of ether oxygens (including phenoxy) is 3. The first kappa shape index (κ1) is 45.9. The van der Waals surface area contributed by atoms with Gasteiger partial charge in [-0.3, -0.25) is 29.3 Å². The molecule has 1 saturated carbocycles. The van der Waals surface area contributed by atoms with Crippen molar-refractivity contribution in [3.05, 3.63) is 64.8 Å². The molecule has 17 heteroatoms. The maximum absolute atomic E-state index is 13.3. The summed E-state index contributed by atoms with van der Waals surface area (Å²) in [4.78, 5) is 80.3. The van der Waals surface area contributed by atoms with Crippen LogP contribution in [0.25, 0.3) is 0 Å². The van der Waals surface area contributed by atoms with E-state index < -0.39 is 11.9 Å². The van der Waals surface area contributed by atoms with Crippen LogP contribution in [-0.2, 0) is 30.4 Å². The number of likely N-dealkylation sites (N-methyl/N-ethyl adjacent to an activating group) is 2. The number of hydrogen-bond donors (Lipinski definition) is 3. The minimum atomic E-state index is -0.654. The Morgan fingerprint density at radius 2 is 1.81 bits per heavy atom. The van der Waals surface area contributed by atoms with Gasteiger partial charge in [-0.2, -0.15) is 4.98 Å². The summed E-state index contributed by atoms with van der Waals surface area (Å²) in [6.45, 7) is 6.18. The number of rotatable bonds is 19. The molecule has 1 aliphatic carbocycles. The summed E-state index contributed by atoms with van der Waals surface area (Å²) in [5.41, 5.74) is 3.91. The maximum Gasteiger partial charge on any atom is 0.255 e. The summed E-state index contributed by atoms with van der Waals surface area (Å²) >= 11 is 0. The van der Waals surface area contributed by atoms with Crippen LogP contribution in [0.15, 0.2) is 42.6 Å². The number of benzene rings is 2. The molecule has 64 heavy (non-hydrogen) atoms. The molecule has 3 N–H and O–H groups in total. The molecule has 340 valence electrons. The number of amides is 5. The van der Waals surface area contributed by atoms with E-state index in [0.717, 1.165) is 55.7 Å². The lowest BCUT2D eigenvalue weighted by molar-refractivity contribution is -0.137. The quantitative estimate of drug-likeness (QED) is 0.0892. The number of carbonyl (C=O) groups excluding carboxylic acids is 5. The number of nitrogens with zero attached hydrogens (tertiary/aromatic N) is 6. The van der Waals surface area contributed by atoms with E-state index in [9.17, 15) is 24.0 Å². The van der Waals surface area contributed by atoms with Crippen molar-refractivity contribution in [1.82, 2.24) is 30.4 Å². The summed E-state index contributed by atoms with van der Waals surface area (Å²) in [6, 6.07) is 9.98. The van der Waals surface area contributed by atoms with Crippen molar-refractivity contribution in [3.63, 3.8) is 0 Å². The minimum absolute atomic E-state index is 0.0622. The van der Waals surface area contributed by atoms with E-state index in [-0.39, 0.29) is 42.1 Å². The van der Waals surface area contributed by atoms with Gasteiger partial charge in [0, 0.05) is 75.4 Å². The molecule has 1 saturated heterocycles. The highest BCUT2D eigenvalue weighted by molar-refractivity contribution is 6.06. The Morgan fingerprint density at radius 3 is 2.58 bits per heavy atom. The third-order valence-electron chi connectivity index (χ3n) is 12.3. The number of methoxy groups -OCH3 is 1. The first-order chi connectivity index (χ1) is 31.1. The molecular weight excluding hydrogens is 819 g/mol. The Morgan fingerprint density at radius 1 is 1.02 bits per heavy atom. The molecule has 1 aromatic heterocycles. The van der Waals surface area contributed by atoms with E-state index in [4.69, 9.17) is 19.2 Å². The second-order valence-corrected chi connectivity index (χ2v) is 16.5. The van der Waals surface area contributed by atoms with Gasteiger partial charge in [0.2, 0.25) is 23.7 Å². The highest BCUT2D eigenvalue weighted by Gasteiger charge is 2.42. The molecule has 5 amide bonds. The second-order valence-electron chi connectivity index (χ2n) is 16.5. The lowest BCUT2D eigenvalue weighted by Crippen LogP contribution is -2.55.